The second-order valence-electron chi connectivity index (χ2n) is 14.8. The minimum absolute atomic E-state index is 0.0837. The molecule has 1 heteroatoms. The first kappa shape index (κ1) is 31.3. The number of anilines is 3. The molecule has 0 spiro atoms. The van der Waals surface area contributed by atoms with Gasteiger partial charge in [0.1, 0.15) is 0 Å². The molecule has 2 aliphatic carbocycles. The normalized spacial score (nSPS) is 14.0. The highest BCUT2D eigenvalue weighted by Crippen LogP contribution is 2.52. The maximum absolute atomic E-state index is 2.44. The van der Waals surface area contributed by atoms with Crippen molar-refractivity contribution in [2.24, 2.45) is 0 Å². The Labute approximate surface area is 302 Å². The van der Waals surface area contributed by atoms with Gasteiger partial charge in [0.05, 0.1) is 0 Å². The van der Waals surface area contributed by atoms with Gasteiger partial charge in [-0.1, -0.05) is 135 Å². The average molecular weight is 658 g/mol. The van der Waals surface area contributed by atoms with Gasteiger partial charge in [0, 0.05) is 22.5 Å². The van der Waals surface area contributed by atoms with Crippen LogP contribution in [0.1, 0.15) is 54.5 Å². The number of hydrogen-bond acceptors (Lipinski definition) is 1. The van der Waals surface area contributed by atoms with E-state index in [1.807, 2.05) is 0 Å². The fourth-order valence-corrected chi connectivity index (χ4v) is 8.78. The van der Waals surface area contributed by atoms with Crippen LogP contribution in [0.3, 0.4) is 0 Å². The van der Waals surface area contributed by atoms with E-state index in [2.05, 4.69) is 183 Å². The monoisotopic (exact) mass is 657 g/mol. The van der Waals surface area contributed by atoms with Gasteiger partial charge < -0.3 is 4.90 Å². The van der Waals surface area contributed by atoms with Crippen LogP contribution in [0, 0.1) is 6.92 Å². The molecule has 0 heterocycles. The molecule has 0 bridgehead atoms. The summed E-state index contributed by atoms with van der Waals surface area (Å²) in [5, 5.41) is 0. The zero-order valence-electron chi connectivity index (χ0n) is 29.8. The highest BCUT2D eigenvalue weighted by atomic mass is 15.1. The lowest BCUT2D eigenvalue weighted by Gasteiger charge is -2.28. The van der Waals surface area contributed by atoms with Gasteiger partial charge in [-0.05, 0) is 141 Å². The summed E-state index contributed by atoms with van der Waals surface area (Å²) in [5.74, 6) is 0. The van der Waals surface area contributed by atoms with E-state index in [4.69, 9.17) is 0 Å². The zero-order valence-corrected chi connectivity index (χ0v) is 29.8. The maximum Gasteiger partial charge on any atom is 0.0465 e. The minimum Gasteiger partial charge on any atom is -0.310 e. The summed E-state index contributed by atoms with van der Waals surface area (Å²) in [7, 11) is 0. The van der Waals surface area contributed by atoms with Crippen LogP contribution >= 0.6 is 0 Å². The van der Waals surface area contributed by atoms with Crippen molar-refractivity contribution in [3.8, 4) is 44.5 Å². The largest absolute Gasteiger partial charge is 0.310 e. The molecule has 0 saturated carbocycles. The molecule has 7 aromatic carbocycles. The second-order valence-corrected chi connectivity index (χ2v) is 14.8. The Morgan fingerprint density at radius 2 is 1.02 bits per heavy atom. The van der Waals surface area contributed by atoms with Crippen LogP contribution in [0.2, 0.25) is 0 Å². The number of benzene rings is 7. The molecule has 51 heavy (non-hydrogen) atoms. The molecular formula is C50H43N. The van der Waals surface area contributed by atoms with Crippen LogP contribution in [0.25, 0.3) is 44.5 Å². The highest BCUT2D eigenvalue weighted by Gasteiger charge is 2.36. The maximum atomic E-state index is 2.44. The third-order valence-corrected chi connectivity index (χ3v) is 11.4. The van der Waals surface area contributed by atoms with E-state index in [1.165, 1.54) is 104 Å². The Bertz CT molecular complexity index is 2380. The van der Waals surface area contributed by atoms with Crippen LogP contribution in [0.4, 0.5) is 17.1 Å². The summed E-state index contributed by atoms with van der Waals surface area (Å²) >= 11 is 0. The van der Waals surface area contributed by atoms with Gasteiger partial charge >= 0.3 is 0 Å². The summed E-state index contributed by atoms with van der Waals surface area (Å²) in [6.07, 6.45) is 4.94. The summed E-state index contributed by atoms with van der Waals surface area (Å²) in [5.41, 5.74) is 21.0. The predicted octanol–water partition coefficient (Wildman–Crippen LogP) is 13.7. The molecule has 0 aromatic heterocycles. The first-order chi connectivity index (χ1) is 25.0. The number of rotatable bonds is 6. The Morgan fingerprint density at radius 3 is 1.73 bits per heavy atom. The van der Waals surface area contributed by atoms with Crippen molar-refractivity contribution < 1.29 is 0 Å². The van der Waals surface area contributed by atoms with Crippen LogP contribution in [-0.2, 0) is 18.3 Å². The molecule has 2 aliphatic rings. The quantitative estimate of drug-likeness (QED) is 0.172. The molecule has 0 aliphatic heterocycles. The van der Waals surface area contributed by atoms with Gasteiger partial charge in [-0.2, -0.15) is 0 Å². The van der Waals surface area contributed by atoms with Crippen LogP contribution < -0.4 is 4.90 Å². The number of hydrogen-bond donors (Lipinski definition) is 0. The van der Waals surface area contributed by atoms with Crippen molar-refractivity contribution in [1.82, 2.24) is 0 Å². The first-order valence-corrected chi connectivity index (χ1v) is 18.5. The summed E-state index contributed by atoms with van der Waals surface area (Å²) < 4.78 is 0. The van der Waals surface area contributed by atoms with Gasteiger partial charge in [0.25, 0.3) is 0 Å². The first-order valence-electron chi connectivity index (χ1n) is 18.5. The van der Waals surface area contributed by atoms with E-state index in [-0.39, 0.29) is 5.41 Å². The lowest BCUT2D eigenvalue weighted by molar-refractivity contribution is 0.660. The van der Waals surface area contributed by atoms with Gasteiger partial charge in [0.15, 0.2) is 0 Å². The molecule has 0 amide bonds. The van der Waals surface area contributed by atoms with E-state index in [0.717, 1.165) is 11.4 Å². The van der Waals surface area contributed by atoms with Crippen molar-refractivity contribution in [1.29, 1.82) is 0 Å². The van der Waals surface area contributed by atoms with E-state index in [9.17, 15) is 0 Å². The van der Waals surface area contributed by atoms with Crippen molar-refractivity contribution in [2.75, 3.05) is 4.90 Å². The molecular weight excluding hydrogens is 615 g/mol. The third-order valence-electron chi connectivity index (χ3n) is 11.4. The Kier molecular flexibility index (Phi) is 7.73. The van der Waals surface area contributed by atoms with Crippen LogP contribution in [0.5, 0.6) is 0 Å². The van der Waals surface area contributed by atoms with E-state index in [1.54, 1.807) is 0 Å². The summed E-state index contributed by atoms with van der Waals surface area (Å²) in [6, 6.07) is 58.6. The van der Waals surface area contributed by atoms with Crippen LogP contribution in [-0.4, -0.2) is 0 Å². The SMILES string of the molecule is Cc1cccc2c1-c1ccc(N(c3ccc(-c4ccccc4-c4ccccc4)cc3)c3ccc(-c4cccc5c4CCCC5)cc3)cc1C2(C)C. The summed E-state index contributed by atoms with van der Waals surface area (Å²) in [4.78, 5) is 2.43. The van der Waals surface area contributed by atoms with Gasteiger partial charge in [0.2, 0.25) is 0 Å². The van der Waals surface area contributed by atoms with E-state index >= 15 is 0 Å². The Balaban J connectivity index is 1.15. The lowest BCUT2D eigenvalue weighted by Crippen LogP contribution is -2.16. The molecule has 0 unspecified atom stereocenters. The van der Waals surface area contributed by atoms with Crippen molar-refractivity contribution in [2.45, 2.75) is 51.9 Å². The second kappa shape index (κ2) is 12.6. The minimum atomic E-state index is -0.0837. The molecule has 0 saturated heterocycles. The topological polar surface area (TPSA) is 3.24 Å². The zero-order chi connectivity index (χ0) is 34.5. The number of aryl methyl sites for hydroxylation is 2. The average Bonchev–Trinajstić information content (AvgIpc) is 3.42. The fourth-order valence-electron chi connectivity index (χ4n) is 8.78. The predicted molar refractivity (Wildman–Crippen MR) is 216 cm³/mol. The lowest BCUT2D eigenvalue weighted by atomic mass is 9.82. The van der Waals surface area contributed by atoms with Crippen molar-refractivity contribution in [3.05, 3.63) is 186 Å². The summed E-state index contributed by atoms with van der Waals surface area (Å²) in [6.45, 7) is 6.99. The molecule has 1 nitrogen and oxygen atoms in total. The van der Waals surface area contributed by atoms with Crippen molar-refractivity contribution in [3.63, 3.8) is 0 Å². The smallest absolute Gasteiger partial charge is 0.0465 e. The third kappa shape index (κ3) is 5.40. The van der Waals surface area contributed by atoms with Gasteiger partial charge in [-0.25, -0.2) is 0 Å². The standard InChI is InChI=1S/C50H43N/c1-34-13-11-22-47-49(34)46-32-31-41(33-48(46)50(47,2)3)51(40-29-25-38(26-30-40)45-21-12-17-36-16-7-8-18-43(36)45)39-27-23-37(24-28-39)44-20-10-9-19-42(44)35-14-5-4-6-15-35/h4-6,9-15,17,19-33H,7-8,16,18H2,1-3H3. The molecule has 0 fully saturated rings. The highest BCUT2D eigenvalue weighted by molar-refractivity contribution is 5.89. The fraction of sp³-hybridized carbons (Fsp3) is 0.160. The number of fused-ring (bicyclic) bond motifs is 4. The van der Waals surface area contributed by atoms with E-state index in [0.29, 0.717) is 0 Å². The molecule has 0 N–H and O–H groups in total. The van der Waals surface area contributed by atoms with Gasteiger partial charge in [-0.3, -0.25) is 0 Å². The molecule has 7 aromatic rings. The molecule has 0 radical (unpaired) electrons. The Morgan fingerprint density at radius 1 is 0.451 bits per heavy atom. The van der Waals surface area contributed by atoms with Gasteiger partial charge in [-0.15, -0.1) is 0 Å². The Hall–Kier alpha value is -5.66. The molecule has 248 valence electrons. The van der Waals surface area contributed by atoms with E-state index < -0.39 is 0 Å². The van der Waals surface area contributed by atoms with Crippen molar-refractivity contribution >= 4 is 17.1 Å². The molecule has 0 atom stereocenters. The number of nitrogens with zero attached hydrogens (tertiary/aromatic N) is 1. The molecule has 9 rings (SSSR count). The van der Waals surface area contributed by atoms with Crippen LogP contribution in [0.15, 0.2) is 158 Å².